The Balaban J connectivity index is 1.91. The summed E-state index contributed by atoms with van der Waals surface area (Å²) in [5, 5.41) is 13.2. The Kier molecular flexibility index (Phi) is 4.12. The van der Waals surface area contributed by atoms with Crippen LogP contribution in [0.4, 0.5) is 0 Å². The van der Waals surface area contributed by atoms with Crippen molar-refractivity contribution >= 4 is 0 Å². The van der Waals surface area contributed by atoms with Gasteiger partial charge in [0.1, 0.15) is 12.2 Å². The van der Waals surface area contributed by atoms with Crippen molar-refractivity contribution in [3.8, 4) is 0 Å². The van der Waals surface area contributed by atoms with Crippen LogP contribution in [0.3, 0.4) is 0 Å². The molecule has 1 aliphatic heterocycles. The minimum Gasteiger partial charge on any atom is -0.396 e. The van der Waals surface area contributed by atoms with Crippen LogP contribution in [-0.4, -0.2) is 44.5 Å². The lowest BCUT2D eigenvalue weighted by Gasteiger charge is -2.17. The van der Waals surface area contributed by atoms with Crippen molar-refractivity contribution in [3.63, 3.8) is 0 Å². The molecule has 1 fully saturated rings. The van der Waals surface area contributed by atoms with Crippen LogP contribution in [0.1, 0.15) is 38.6 Å². The number of aliphatic hydroxyl groups is 1. The van der Waals surface area contributed by atoms with Gasteiger partial charge in [0.2, 0.25) is 0 Å². The summed E-state index contributed by atoms with van der Waals surface area (Å²) in [5.74, 6) is 1.69. The maximum atomic E-state index is 8.94. The van der Waals surface area contributed by atoms with Crippen LogP contribution in [0.2, 0.25) is 0 Å². The summed E-state index contributed by atoms with van der Waals surface area (Å²) in [6, 6.07) is 0.364. The fraction of sp³-hybridized carbons (Fsp3) is 0.833. The van der Waals surface area contributed by atoms with E-state index < -0.39 is 0 Å². The van der Waals surface area contributed by atoms with E-state index in [4.69, 9.17) is 5.11 Å². The van der Waals surface area contributed by atoms with Crippen molar-refractivity contribution in [3.05, 3.63) is 12.2 Å². The van der Waals surface area contributed by atoms with E-state index in [1.165, 1.54) is 6.42 Å². The van der Waals surface area contributed by atoms with Gasteiger partial charge in [-0.1, -0.05) is 0 Å². The Morgan fingerprint density at radius 3 is 3.06 bits per heavy atom. The van der Waals surface area contributed by atoms with Gasteiger partial charge in [-0.3, -0.25) is 4.90 Å². The van der Waals surface area contributed by atoms with Crippen molar-refractivity contribution in [2.45, 2.75) is 39.3 Å². The number of aromatic nitrogens is 3. The molecule has 0 aliphatic carbocycles. The molecule has 5 heteroatoms. The van der Waals surface area contributed by atoms with E-state index in [1.807, 2.05) is 4.68 Å². The second-order valence-corrected chi connectivity index (χ2v) is 5.12. The standard InChI is InChI=1S/C12H22N4O/c1-10(2)16-12(13-9-14-16)8-15-5-3-11(7-15)4-6-17/h9-11,17H,3-8H2,1-2H3. The number of rotatable bonds is 5. The zero-order valence-corrected chi connectivity index (χ0v) is 10.7. The first kappa shape index (κ1) is 12.5. The number of aliphatic hydroxyl groups excluding tert-OH is 1. The molecule has 2 heterocycles. The topological polar surface area (TPSA) is 54.2 Å². The summed E-state index contributed by atoms with van der Waals surface area (Å²) < 4.78 is 1.99. The Morgan fingerprint density at radius 2 is 2.35 bits per heavy atom. The molecule has 1 aliphatic rings. The Labute approximate surface area is 102 Å². The number of likely N-dealkylation sites (tertiary alicyclic amines) is 1. The molecule has 1 aromatic heterocycles. The average Bonchev–Trinajstić information content (AvgIpc) is 2.89. The summed E-state index contributed by atoms with van der Waals surface area (Å²) in [6.45, 7) is 7.61. The highest BCUT2D eigenvalue weighted by Gasteiger charge is 2.23. The minimum absolute atomic E-state index is 0.306. The lowest BCUT2D eigenvalue weighted by atomic mass is 10.1. The predicted octanol–water partition coefficient (Wildman–Crippen LogP) is 1.06. The van der Waals surface area contributed by atoms with Crippen LogP contribution in [0.5, 0.6) is 0 Å². The lowest BCUT2D eigenvalue weighted by molar-refractivity contribution is 0.246. The fourth-order valence-corrected chi connectivity index (χ4v) is 2.49. The number of hydrogen-bond acceptors (Lipinski definition) is 4. The molecule has 96 valence electrons. The van der Waals surface area contributed by atoms with E-state index in [0.717, 1.165) is 31.9 Å². The maximum absolute atomic E-state index is 8.94. The SMILES string of the molecule is CC(C)n1ncnc1CN1CCC(CCO)C1. The van der Waals surface area contributed by atoms with Gasteiger partial charge in [-0.15, -0.1) is 0 Å². The van der Waals surface area contributed by atoms with E-state index in [-0.39, 0.29) is 0 Å². The van der Waals surface area contributed by atoms with Crippen molar-refractivity contribution in [1.82, 2.24) is 19.7 Å². The van der Waals surface area contributed by atoms with Crippen molar-refractivity contribution < 1.29 is 5.11 Å². The first-order valence-corrected chi connectivity index (χ1v) is 6.42. The van der Waals surface area contributed by atoms with Crippen LogP contribution in [-0.2, 0) is 6.54 Å². The number of nitrogens with zero attached hydrogens (tertiary/aromatic N) is 4. The Morgan fingerprint density at radius 1 is 1.53 bits per heavy atom. The molecule has 1 N–H and O–H groups in total. The zero-order chi connectivity index (χ0) is 12.3. The summed E-state index contributed by atoms with van der Waals surface area (Å²) in [7, 11) is 0. The summed E-state index contributed by atoms with van der Waals surface area (Å²) in [6.07, 6.45) is 3.75. The third kappa shape index (κ3) is 3.04. The summed E-state index contributed by atoms with van der Waals surface area (Å²) in [5.41, 5.74) is 0. The smallest absolute Gasteiger partial charge is 0.141 e. The van der Waals surface area contributed by atoms with Gasteiger partial charge in [0, 0.05) is 19.2 Å². The summed E-state index contributed by atoms with van der Waals surface area (Å²) in [4.78, 5) is 6.74. The predicted molar refractivity (Wildman–Crippen MR) is 65.5 cm³/mol. The van der Waals surface area contributed by atoms with E-state index in [9.17, 15) is 0 Å². The molecule has 0 amide bonds. The molecule has 0 radical (unpaired) electrons. The van der Waals surface area contributed by atoms with Crippen LogP contribution < -0.4 is 0 Å². The largest absolute Gasteiger partial charge is 0.396 e. The van der Waals surface area contributed by atoms with E-state index >= 15 is 0 Å². The third-order valence-electron chi connectivity index (χ3n) is 3.41. The molecule has 17 heavy (non-hydrogen) atoms. The molecular formula is C12H22N4O. The van der Waals surface area contributed by atoms with Crippen LogP contribution in [0, 0.1) is 5.92 Å². The highest BCUT2D eigenvalue weighted by atomic mass is 16.3. The lowest BCUT2D eigenvalue weighted by Crippen LogP contribution is -2.23. The van der Waals surface area contributed by atoms with Crippen LogP contribution >= 0.6 is 0 Å². The highest BCUT2D eigenvalue weighted by molar-refractivity contribution is 4.88. The van der Waals surface area contributed by atoms with Gasteiger partial charge in [-0.25, -0.2) is 9.67 Å². The normalized spacial score (nSPS) is 21.5. The van der Waals surface area contributed by atoms with Gasteiger partial charge in [0.25, 0.3) is 0 Å². The van der Waals surface area contributed by atoms with Gasteiger partial charge in [-0.2, -0.15) is 5.10 Å². The van der Waals surface area contributed by atoms with Gasteiger partial charge in [-0.05, 0) is 39.2 Å². The minimum atomic E-state index is 0.306. The second-order valence-electron chi connectivity index (χ2n) is 5.12. The Bertz CT molecular complexity index is 350. The van der Waals surface area contributed by atoms with Gasteiger partial charge >= 0.3 is 0 Å². The molecule has 0 aromatic carbocycles. The molecule has 0 bridgehead atoms. The molecule has 1 saturated heterocycles. The second kappa shape index (κ2) is 5.60. The van der Waals surface area contributed by atoms with Crippen molar-refractivity contribution in [1.29, 1.82) is 0 Å². The van der Waals surface area contributed by atoms with Crippen LogP contribution in [0.15, 0.2) is 6.33 Å². The molecule has 5 nitrogen and oxygen atoms in total. The quantitative estimate of drug-likeness (QED) is 0.833. The molecule has 2 rings (SSSR count). The highest BCUT2D eigenvalue weighted by Crippen LogP contribution is 2.21. The van der Waals surface area contributed by atoms with Crippen molar-refractivity contribution in [2.24, 2.45) is 5.92 Å². The van der Waals surface area contributed by atoms with E-state index in [1.54, 1.807) is 6.33 Å². The monoisotopic (exact) mass is 238 g/mol. The summed E-state index contributed by atoms with van der Waals surface area (Å²) >= 11 is 0. The van der Waals surface area contributed by atoms with Gasteiger partial charge < -0.3 is 5.11 Å². The molecule has 1 unspecified atom stereocenters. The zero-order valence-electron chi connectivity index (χ0n) is 10.7. The first-order valence-electron chi connectivity index (χ1n) is 6.42. The van der Waals surface area contributed by atoms with Crippen LogP contribution in [0.25, 0.3) is 0 Å². The van der Waals surface area contributed by atoms with Gasteiger partial charge in [0.15, 0.2) is 0 Å². The third-order valence-corrected chi connectivity index (χ3v) is 3.41. The molecule has 1 atom stereocenters. The van der Waals surface area contributed by atoms with E-state index in [0.29, 0.717) is 18.6 Å². The average molecular weight is 238 g/mol. The van der Waals surface area contributed by atoms with Gasteiger partial charge in [0.05, 0.1) is 6.54 Å². The number of hydrogen-bond donors (Lipinski definition) is 1. The fourth-order valence-electron chi connectivity index (χ4n) is 2.49. The molecule has 1 aromatic rings. The molecule has 0 saturated carbocycles. The molecular weight excluding hydrogens is 216 g/mol. The Hall–Kier alpha value is -0.940. The van der Waals surface area contributed by atoms with Crippen molar-refractivity contribution in [2.75, 3.05) is 19.7 Å². The first-order chi connectivity index (χ1) is 8.20. The van der Waals surface area contributed by atoms with E-state index in [2.05, 4.69) is 28.8 Å². The molecule has 0 spiro atoms. The maximum Gasteiger partial charge on any atom is 0.141 e.